The summed E-state index contributed by atoms with van der Waals surface area (Å²) in [4.78, 5) is 11.0. The van der Waals surface area contributed by atoms with Crippen molar-refractivity contribution in [1.29, 1.82) is 0 Å². The zero-order chi connectivity index (χ0) is 16.3. The number of ether oxygens (including phenoxy) is 5. The van der Waals surface area contributed by atoms with E-state index in [1.54, 1.807) is 21.1 Å². The van der Waals surface area contributed by atoms with Crippen LogP contribution >= 0.6 is 0 Å². The molecule has 0 aliphatic rings. The van der Waals surface area contributed by atoms with E-state index in [2.05, 4.69) is 11.3 Å². The van der Waals surface area contributed by atoms with Gasteiger partial charge in [-0.1, -0.05) is 6.58 Å². The SMILES string of the molecule is C=C(C)C(=O)OCCOCCOCCOCCO.COC. The fourth-order valence-corrected chi connectivity index (χ4v) is 0.923. The average molecular weight is 308 g/mol. The predicted molar refractivity (Wildman–Crippen MR) is 78.2 cm³/mol. The van der Waals surface area contributed by atoms with Gasteiger partial charge >= 0.3 is 5.97 Å². The number of carbonyl (C=O) groups excluding carboxylic acids is 1. The summed E-state index contributed by atoms with van der Waals surface area (Å²) >= 11 is 0. The molecule has 1 N–H and O–H groups in total. The van der Waals surface area contributed by atoms with Crippen LogP contribution in [-0.4, -0.2) is 78.2 Å². The summed E-state index contributed by atoms with van der Waals surface area (Å²) < 4.78 is 24.4. The maximum atomic E-state index is 11.0. The second-order valence-electron chi connectivity index (χ2n) is 3.89. The monoisotopic (exact) mass is 308 g/mol. The standard InChI is InChI=1S/C12H22O6.C2H6O/c1-11(2)12(14)18-10-9-17-8-7-16-6-5-15-4-3-13;1-3-2/h13H,1,3-10H2,2H3;1-2H3. The summed E-state index contributed by atoms with van der Waals surface area (Å²) in [6.45, 7) is 7.76. The topological polar surface area (TPSA) is 83.5 Å². The Bertz CT molecular complexity index is 243. The Morgan fingerprint density at radius 3 is 1.67 bits per heavy atom. The molecule has 0 saturated heterocycles. The van der Waals surface area contributed by atoms with Crippen LogP contribution in [0.4, 0.5) is 0 Å². The molecular weight excluding hydrogens is 280 g/mol. The van der Waals surface area contributed by atoms with Gasteiger partial charge < -0.3 is 28.8 Å². The number of aliphatic hydroxyl groups excluding tert-OH is 1. The van der Waals surface area contributed by atoms with E-state index in [9.17, 15) is 4.79 Å². The van der Waals surface area contributed by atoms with Gasteiger partial charge in [0.25, 0.3) is 0 Å². The third-order valence-electron chi connectivity index (χ3n) is 1.79. The largest absolute Gasteiger partial charge is 0.460 e. The highest BCUT2D eigenvalue weighted by atomic mass is 16.6. The third kappa shape index (κ3) is 21.5. The minimum absolute atomic E-state index is 0.0199. The molecule has 0 aromatic heterocycles. The molecule has 7 heteroatoms. The fraction of sp³-hybridized carbons (Fsp3) is 0.786. The number of carbonyl (C=O) groups is 1. The van der Waals surface area contributed by atoms with Crippen LogP contribution in [0, 0.1) is 0 Å². The number of esters is 1. The highest BCUT2D eigenvalue weighted by Crippen LogP contribution is 1.91. The summed E-state index contributed by atoms with van der Waals surface area (Å²) in [6.07, 6.45) is 0. The first-order chi connectivity index (χ1) is 10.1. The lowest BCUT2D eigenvalue weighted by atomic mass is 10.4. The molecule has 0 radical (unpaired) electrons. The first-order valence-corrected chi connectivity index (χ1v) is 6.67. The van der Waals surface area contributed by atoms with E-state index in [4.69, 9.17) is 24.1 Å². The molecule has 0 rings (SSSR count). The molecule has 0 aliphatic carbocycles. The van der Waals surface area contributed by atoms with Crippen molar-refractivity contribution in [2.75, 3.05) is 67.1 Å². The molecule has 0 spiro atoms. The number of rotatable bonds is 12. The molecule has 0 amide bonds. The van der Waals surface area contributed by atoms with Gasteiger partial charge in [0, 0.05) is 19.8 Å². The molecule has 0 aliphatic heterocycles. The average Bonchev–Trinajstić information content (AvgIpc) is 2.45. The number of hydrogen-bond acceptors (Lipinski definition) is 7. The quantitative estimate of drug-likeness (QED) is 0.317. The zero-order valence-electron chi connectivity index (χ0n) is 13.3. The molecule has 126 valence electrons. The van der Waals surface area contributed by atoms with Crippen LogP contribution in [0.3, 0.4) is 0 Å². The van der Waals surface area contributed by atoms with Crippen LogP contribution < -0.4 is 0 Å². The molecule has 0 aromatic rings. The summed E-state index contributed by atoms with van der Waals surface area (Å²) in [6, 6.07) is 0. The van der Waals surface area contributed by atoms with E-state index in [-0.39, 0.29) is 13.2 Å². The highest BCUT2D eigenvalue weighted by Gasteiger charge is 2.01. The van der Waals surface area contributed by atoms with Gasteiger partial charge in [0.2, 0.25) is 0 Å². The zero-order valence-corrected chi connectivity index (χ0v) is 13.3. The fourth-order valence-electron chi connectivity index (χ4n) is 0.923. The Hall–Kier alpha value is -0.990. The van der Waals surface area contributed by atoms with E-state index < -0.39 is 5.97 Å². The lowest BCUT2D eigenvalue weighted by Gasteiger charge is -2.07. The molecule has 0 saturated carbocycles. The van der Waals surface area contributed by atoms with Crippen molar-refractivity contribution in [1.82, 2.24) is 0 Å². The predicted octanol–water partition coefficient (Wildman–Crippen LogP) is 0.410. The maximum Gasteiger partial charge on any atom is 0.333 e. The Balaban J connectivity index is 0. The minimum atomic E-state index is -0.407. The first kappa shape index (κ1) is 22.3. The molecule has 21 heavy (non-hydrogen) atoms. The van der Waals surface area contributed by atoms with Crippen molar-refractivity contribution in [3.63, 3.8) is 0 Å². The van der Waals surface area contributed by atoms with Crippen molar-refractivity contribution in [3.05, 3.63) is 12.2 Å². The third-order valence-corrected chi connectivity index (χ3v) is 1.79. The second-order valence-corrected chi connectivity index (χ2v) is 3.89. The Kier molecular flexibility index (Phi) is 20.2. The van der Waals surface area contributed by atoms with Crippen molar-refractivity contribution in [2.24, 2.45) is 0 Å². The van der Waals surface area contributed by atoms with Crippen LogP contribution in [0.1, 0.15) is 6.92 Å². The highest BCUT2D eigenvalue weighted by molar-refractivity contribution is 5.86. The van der Waals surface area contributed by atoms with Gasteiger partial charge in [-0.3, -0.25) is 0 Å². The smallest absolute Gasteiger partial charge is 0.333 e. The Morgan fingerprint density at radius 1 is 0.905 bits per heavy atom. The molecular formula is C14H28O7. The number of hydrogen-bond donors (Lipinski definition) is 1. The van der Waals surface area contributed by atoms with Crippen LogP contribution in [-0.2, 0) is 28.5 Å². The van der Waals surface area contributed by atoms with E-state index in [0.29, 0.717) is 45.2 Å². The van der Waals surface area contributed by atoms with Gasteiger partial charge in [0.05, 0.1) is 46.2 Å². The van der Waals surface area contributed by atoms with Gasteiger partial charge in [-0.15, -0.1) is 0 Å². The summed E-state index contributed by atoms with van der Waals surface area (Å²) in [5, 5.41) is 8.44. The van der Waals surface area contributed by atoms with Crippen molar-refractivity contribution >= 4 is 5.97 Å². The molecule has 7 nitrogen and oxygen atoms in total. The van der Waals surface area contributed by atoms with Crippen molar-refractivity contribution in [2.45, 2.75) is 6.92 Å². The Morgan fingerprint density at radius 2 is 1.29 bits per heavy atom. The lowest BCUT2D eigenvalue weighted by molar-refractivity contribution is -0.140. The lowest BCUT2D eigenvalue weighted by Crippen LogP contribution is -2.14. The minimum Gasteiger partial charge on any atom is -0.460 e. The summed E-state index contributed by atoms with van der Waals surface area (Å²) in [5.74, 6) is -0.407. The van der Waals surface area contributed by atoms with Crippen LogP contribution in [0.15, 0.2) is 12.2 Å². The maximum absolute atomic E-state index is 11.0. The van der Waals surface area contributed by atoms with Crippen LogP contribution in [0.5, 0.6) is 0 Å². The molecule has 0 fully saturated rings. The molecule has 0 aromatic carbocycles. The van der Waals surface area contributed by atoms with Crippen molar-refractivity contribution < 1.29 is 33.6 Å². The van der Waals surface area contributed by atoms with Gasteiger partial charge in [-0.2, -0.15) is 0 Å². The van der Waals surface area contributed by atoms with Gasteiger partial charge in [0.1, 0.15) is 6.61 Å². The number of aliphatic hydroxyl groups is 1. The van der Waals surface area contributed by atoms with E-state index in [1.807, 2.05) is 0 Å². The molecule has 0 atom stereocenters. The Labute approximate surface area is 126 Å². The van der Waals surface area contributed by atoms with Gasteiger partial charge in [-0.25, -0.2) is 4.79 Å². The number of methoxy groups -OCH3 is 1. The molecule has 0 bridgehead atoms. The van der Waals surface area contributed by atoms with Crippen LogP contribution in [0.2, 0.25) is 0 Å². The van der Waals surface area contributed by atoms with Crippen molar-refractivity contribution in [3.8, 4) is 0 Å². The normalized spacial score (nSPS) is 9.71. The van der Waals surface area contributed by atoms with Gasteiger partial charge in [0.15, 0.2) is 0 Å². The first-order valence-electron chi connectivity index (χ1n) is 6.67. The van der Waals surface area contributed by atoms with E-state index in [1.165, 1.54) is 0 Å². The van der Waals surface area contributed by atoms with Gasteiger partial charge in [-0.05, 0) is 6.92 Å². The van der Waals surface area contributed by atoms with E-state index in [0.717, 1.165) is 0 Å². The summed E-state index contributed by atoms with van der Waals surface area (Å²) in [5.41, 5.74) is 0.376. The van der Waals surface area contributed by atoms with Crippen LogP contribution in [0.25, 0.3) is 0 Å². The van der Waals surface area contributed by atoms with E-state index >= 15 is 0 Å². The molecule has 0 heterocycles. The summed E-state index contributed by atoms with van der Waals surface area (Å²) in [7, 11) is 3.25. The second kappa shape index (κ2) is 19.0. The molecule has 0 unspecified atom stereocenters.